The average molecular weight is 407 g/mol. The summed E-state index contributed by atoms with van der Waals surface area (Å²) in [5.41, 5.74) is 4.43. The molecule has 0 N–H and O–H groups in total. The first-order valence-corrected chi connectivity index (χ1v) is 11.3. The monoisotopic (exact) mass is 406 g/mol. The molecule has 2 heterocycles. The van der Waals surface area contributed by atoms with Gasteiger partial charge in [-0.25, -0.2) is 0 Å². The molecule has 4 nitrogen and oxygen atoms in total. The van der Waals surface area contributed by atoms with Gasteiger partial charge >= 0.3 is 0 Å². The topological polar surface area (TPSA) is 32.8 Å². The number of ether oxygens (including phenoxy) is 1. The zero-order valence-electron chi connectivity index (χ0n) is 18.6. The second-order valence-corrected chi connectivity index (χ2v) is 9.12. The van der Waals surface area contributed by atoms with Crippen molar-refractivity contribution >= 4 is 17.3 Å². The van der Waals surface area contributed by atoms with Crippen LogP contribution in [0.4, 0.5) is 11.4 Å². The summed E-state index contributed by atoms with van der Waals surface area (Å²) in [4.78, 5) is 17.7. The van der Waals surface area contributed by atoms with E-state index in [2.05, 4.69) is 67.3 Å². The Balaban J connectivity index is 1.47. The molecule has 0 bridgehead atoms. The highest BCUT2D eigenvalue weighted by atomic mass is 16.5. The molecule has 2 aromatic carbocycles. The summed E-state index contributed by atoms with van der Waals surface area (Å²) in [6.45, 7) is 7.16. The number of benzene rings is 2. The fourth-order valence-electron chi connectivity index (χ4n) is 4.74. The molecule has 0 saturated carbocycles. The summed E-state index contributed by atoms with van der Waals surface area (Å²) in [7, 11) is 1.73. The molecule has 1 atom stereocenters. The molecular formula is C26H34N2O2. The zero-order valence-corrected chi connectivity index (χ0v) is 18.6. The minimum Gasteiger partial charge on any atom is -0.374 e. The molecule has 0 radical (unpaired) electrons. The van der Waals surface area contributed by atoms with E-state index in [4.69, 9.17) is 4.74 Å². The average Bonchev–Trinajstić information content (AvgIpc) is 3.15. The molecule has 1 amide bonds. The first kappa shape index (κ1) is 20.9. The van der Waals surface area contributed by atoms with E-state index in [-0.39, 0.29) is 17.4 Å². The van der Waals surface area contributed by atoms with Gasteiger partial charge in [0.1, 0.15) is 0 Å². The molecule has 0 aromatic heterocycles. The van der Waals surface area contributed by atoms with Crippen LogP contribution in [0.1, 0.15) is 50.7 Å². The molecule has 2 fully saturated rings. The lowest BCUT2D eigenvalue weighted by Crippen LogP contribution is -2.31. The summed E-state index contributed by atoms with van der Waals surface area (Å²) >= 11 is 0. The number of amides is 1. The van der Waals surface area contributed by atoms with Gasteiger partial charge in [0, 0.05) is 44.0 Å². The number of methoxy groups -OCH3 is 1. The van der Waals surface area contributed by atoms with E-state index < -0.39 is 0 Å². The molecule has 2 aliphatic rings. The molecule has 4 heteroatoms. The van der Waals surface area contributed by atoms with Crippen molar-refractivity contribution in [2.24, 2.45) is 5.92 Å². The lowest BCUT2D eigenvalue weighted by molar-refractivity contribution is -0.120. The number of hydrogen-bond acceptors (Lipinski definition) is 3. The highest BCUT2D eigenvalue weighted by Gasteiger charge is 2.33. The van der Waals surface area contributed by atoms with Gasteiger partial charge in [-0.3, -0.25) is 4.79 Å². The molecule has 160 valence electrons. The molecule has 2 aromatic rings. The van der Waals surface area contributed by atoms with Crippen molar-refractivity contribution in [3.63, 3.8) is 0 Å². The van der Waals surface area contributed by atoms with Crippen LogP contribution < -0.4 is 9.80 Å². The van der Waals surface area contributed by atoms with E-state index in [1.54, 1.807) is 7.11 Å². The summed E-state index contributed by atoms with van der Waals surface area (Å²) in [5, 5.41) is 0. The Hall–Kier alpha value is -2.33. The van der Waals surface area contributed by atoms with Gasteiger partial charge in [0.25, 0.3) is 0 Å². The third-order valence-corrected chi connectivity index (χ3v) is 6.86. The van der Waals surface area contributed by atoms with Crippen molar-refractivity contribution in [1.82, 2.24) is 0 Å². The standard InChI is InChI=1S/C26H34N2O2/c1-26(2,30-3)22-11-13-23(14-12-22)28-18-15-21(25(28)29)19-20-9-5-6-10-24(20)27-16-7-4-8-17-27/h5-6,9-14,21H,4,7-8,15-19H2,1-3H3/t21-/m1/s1. The summed E-state index contributed by atoms with van der Waals surface area (Å²) in [6, 6.07) is 16.9. The largest absolute Gasteiger partial charge is 0.374 e. The van der Waals surface area contributed by atoms with Crippen LogP contribution in [0.2, 0.25) is 0 Å². The van der Waals surface area contributed by atoms with Crippen LogP contribution in [0.3, 0.4) is 0 Å². The summed E-state index contributed by atoms with van der Waals surface area (Å²) < 4.78 is 5.57. The van der Waals surface area contributed by atoms with Crippen LogP contribution in [-0.4, -0.2) is 32.7 Å². The summed E-state index contributed by atoms with van der Waals surface area (Å²) in [6.07, 6.45) is 5.60. The van der Waals surface area contributed by atoms with E-state index >= 15 is 0 Å². The molecule has 30 heavy (non-hydrogen) atoms. The quantitative estimate of drug-likeness (QED) is 0.665. The second kappa shape index (κ2) is 8.81. The lowest BCUT2D eigenvalue weighted by atomic mass is 9.95. The molecular weight excluding hydrogens is 372 g/mol. The normalized spacial score (nSPS) is 20.1. The maximum Gasteiger partial charge on any atom is 0.230 e. The number of anilines is 2. The smallest absolute Gasteiger partial charge is 0.230 e. The van der Waals surface area contributed by atoms with Gasteiger partial charge in [-0.15, -0.1) is 0 Å². The van der Waals surface area contributed by atoms with Crippen LogP contribution in [0.15, 0.2) is 48.5 Å². The van der Waals surface area contributed by atoms with Crippen LogP contribution >= 0.6 is 0 Å². The molecule has 0 spiro atoms. The summed E-state index contributed by atoms with van der Waals surface area (Å²) in [5.74, 6) is 0.313. The van der Waals surface area contributed by atoms with Gasteiger partial charge in [0.05, 0.1) is 5.60 Å². The van der Waals surface area contributed by atoms with Crippen LogP contribution in [0.5, 0.6) is 0 Å². The third-order valence-electron chi connectivity index (χ3n) is 6.86. The highest BCUT2D eigenvalue weighted by molar-refractivity contribution is 5.97. The van der Waals surface area contributed by atoms with Gasteiger partial charge in [-0.05, 0) is 75.3 Å². The van der Waals surface area contributed by atoms with Gasteiger partial charge in [0.2, 0.25) is 5.91 Å². The first-order chi connectivity index (χ1) is 14.5. The minimum atomic E-state index is -0.325. The predicted molar refractivity (Wildman–Crippen MR) is 123 cm³/mol. The van der Waals surface area contributed by atoms with Gasteiger partial charge in [-0.2, -0.15) is 0 Å². The number of hydrogen-bond donors (Lipinski definition) is 0. The van der Waals surface area contributed by atoms with Crippen molar-refractivity contribution in [3.8, 4) is 0 Å². The second-order valence-electron chi connectivity index (χ2n) is 9.12. The molecule has 2 aliphatic heterocycles. The van der Waals surface area contributed by atoms with E-state index in [1.165, 1.54) is 30.5 Å². The number of rotatable bonds is 6. The molecule has 4 rings (SSSR count). The first-order valence-electron chi connectivity index (χ1n) is 11.3. The number of carbonyl (C=O) groups is 1. The van der Waals surface area contributed by atoms with Crippen LogP contribution in [0, 0.1) is 5.92 Å². The van der Waals surface area contributed by atoms with Crippen molar-refractivity contribution < 1.29 is 9.53 Å². The van der Waals surface area contributed by atoms with Crippen LogP contribution in [0.25, 0.3) is 0 Å². The predicted octanol–water partition coefficient (Wildman–Crippen LogP) is 5.15. The maximum atomic E-state index is 13.2. The Labute approximate surface area is 180 Å². The Morgan fingerprint density at radius 3 is 2.37 bits per heavy atom. The van der Waals surface area contributed by atoms with E-state index in [1.807, 2.05) is 4.90 Å². The van der Waals surface area contributed by atoms with Crippen molar-refractivity contribution in [1.29, 1.82) is 0 Å². The highest BCUT2D eigenvalue weighted by Crippen LogP contribution is 2.33. The minimum absolute atomic E-state index is 0.0611. The Morgan fingerprint density at radius 2 is 1.67 bits per heavy atom. The van der Waals surface area contributed by atoms with Crippen molar-refractivity contribution in [3.05, 3.63) is 59.7 Å². The van der Waals surface area contributed by atoms with Gasteiger partial charge < -0.3 is 14.5 Å². The Morgan fingerprint density at radius 1 is 0.967 bits per heavy atom. The van der Waals surface area contributed by atoms with Crippen molar-refractivity contribution in [2.45, 2.75) is 51.6 Å². The number of piperidine rings is 1. The lowest BCUT2D eigenvalue weighted by Gasteiger charge is -2.31. The zero-order chi connectivity index (χ0) is 21.1. The SMILES string of the molecule is COC(C)(C)c1ccc(N2CC[C@H](Cc3ccccc3N3CCCCC3)C2=O)cc1. The van der Waals surface area contributed by atoms with E-state index in [0.29, 0.717) is 0 Å². The Bertz CT molecular complexity index is 869. The fraction of sp³-hybridized carbons (Fsp3) is 0.500. The van der Waals surface area contributed by atoms with Crippen molar-refractivity contribution in [2.75, 3.05) is 36.5 Å². The number of para-hydroxylation sites is 1. The maximum absolute atomic E-state index is 13.2. The van der Waals surface area contributed by atoms with Gasteiger partial charge in [0.15, 0.2) is 0 Å². The Kier molecular flexibility index (Phi) is 6.14. The fourth-order valence-corrected chi connectivity index (χ4v) is 4.74. The number of carbonyl (C=O) groups excluding carboxylic acids is 1. The molecule has 0 aliphatic carbocycles. The third kappa shape index (κ3) is 4.24. The molecule has 2 saturated heterocycles. The number of nitrogens with zero attached hydrogens (tertiary/aromatic N) is 2. The van der Waals surface area contributed by atoms with E-state index in [0.717, 1.165) is 43.7 Å². The van der Waals surface area contributed by atoms with Gasteiger partial charge in [-0.1, -0.05) is 30.3 Å². The molecule has 0 unspecified atom stereocenters. The van der Waals surface area contributed by atoms with Crippen LogP contribution in [-0.2, 0) is 21.6 Å². The van der Waals surface area contributed by atoms with E-state index in [9.17, 15) is 4.79 Å².